The second-order valence-electron chi connectivity index (χ2n) is 7.04. The van der Waals surface area contributed by atoms with E-state index in [1.54, 1.807) is 12.1 Å². The summed E-state index contributed by atoms with van der Waals surface area (Å²) in [6.45, 7) is 0. The first-order chi connectivity index (χ1) is 15.2. The van der Waals surface area contributed by atoms with Crippen molar-refractivity contribution in [3.63, 3.8) is 0 Å². The summed E-state index contributed by atoms with van der Waals surface area (Å²) in [6, 6.07) is 34.8. The number of aromatic amines is 1. The van der Waals surface area contributed by atoms with Crippen molar-refractivity contribution in [2.24, 2.45) is 0 Å². The molecule has 1 aromatic heterocycles. The average molecular weight is 442 g/mol. The minimum absolute atomic E-state index is 0.313. The molecule has 1 atom stereocenters. The van der Waals surface area contributed by atoms with E-state index >= 15 is 0 Å². The van der Waals surface area contributed by atoms with Crippen molar-refractivity contribution >= 4 is 45.9 Å². The fraction of sp³-hybridized carbons (Fsp3) is 0. The number of fused-ring (bicyclic) bond motifs is 1. The number of nitrogens with zero attached hydrogens (tertiary/aromatic N) is 1. The van der Waals surface area contributed by atoms with Crippen LogP contribution in [0.2, 0.25) is 0 Å². The predicted octanol–water partition coefficient (Wildman–Crippen LogP) is 4.57. The number of imidazole rings is 1. The van der Waals surface area contributed by atoms with Gasteiger partial charge in [0.15, 0.2) is 11.1 Å². The average Bonchev–Trinajstić information content (AvgIpc) is 3.25. The molecule has 6 heteroatoms. The quantitative estimate of drug-likeness (QED) is 0.310. The number of benzene rings is 4. The summed E-state index contributed by atoms with van der Waals surface area (Å²) in [4.78, 5) is 8.17. The van der Waals surface area contributed by atoms with Crippen LogP contribution in [0.15, 0.2) is 108 Å². The van der Waals surface area contributed by atoms with Gasteiger partial charge in [0.05, 0.1) is 10.4 Å². The smallest absolute Gasteiger partial charge is 0.188 e. The maximum Gasteiger partial charge on any atom is 0.188 e. The zero-order valence-corrected chi connectivity index (χ0v) is 18.2. The number of rotatable bonds is 5. The lowest BCUT2D eigenvalue weighted by Crippen LogP contribution is -2.20. The van der Waals surface area contributed by atoms with E-state index in [9.17, 15) is 8.76 Å². The largest absolute Gasteiger partial charge is 0.338 e. The molecule has 0 saturated heterocycles. The zero-order chi connectivity index (χ0) is 21.2. The summed E-state index contributed by atoms with van der Waals surface area (Å²) in [7, 11) is -0.664. The van der Waals surface area contributed by atoms with Gasteiger partial charge < -0.3 is 9.54 Å². The van der Waals surface area contributed by atoms with Crippen molar-refractivity contribution in [1.29, 1.82) is 0 Å². The number of H-pyrrole nitrogens is 1. The van der Waals surface area contributed by atoms with E-state index in [2.05, 4.69) is 82.8 Å². The van der Waals surface area contributed by atoms with Crippen LogP contribution in [-0.2, 0) is 11.1 Å². The van der Waals surface area contributed by atoms with Crippen LogP contribution in [0.25, 0.3) is 22.4 Å². The molecule has 0 amide bonds. The molecular weight excluding hydrogens is 423 g/mol. The normalized spacial score (nSPS) is 12.3. The molecule has 31 heavy (non-hydrogen) atoms. The monoisotopic (exact) mass is 442 g/mol. The summed E-state index contributed by atoms with van der Waals surface area (Å²) in [5.41, 5.74) is 2.21. The molecule has 0 saturated carbocycles. The first kappa shape index (κ1) is 19.8. The fourth-order valence-electron chi connectivity index (χ4n) is 3.65. The summed E-state index contributed by atoms with van der Waals surface area (Å²) in [5.74, 6) is 0.684. The predicted molar refractivity (Wildman–Crippen MR) is 129 cm³/mol. The molecule has 0 fully saturated rings. The van der Waals surface area contributed by atoms with Gasteiger partial charge in [0.25, 0.3) is 0 Å². The molecule has 0 aliphatic carbocycles. The van der Waals surface area contributed by atoms with Crippen LogP contribution in [0.3, 0.4) is 0 Å². The number of nitrogens with one attached hydrogen (secondary N) is 1. The van der Waals surface area contributed by atoms with Gasteiger partial charge >= 0.3 is 0 Å². The number of para-hydroxylation sites is 1. The Morgan fingerprint density at radius 3 is 1.87 bits per heavy atom. The van der Waals surface area contributed by atoms with E-state index in [1.165, 1.54) is 15.9 Å². The lowest BCUT2D eigenvalue weighted by Gasteiger charge is -2.19. The van der Waals surface area contributed by atoms with Gasteiger partial charge in [-0.15, -0.1) is 0 Å². The zero-order valence-electron chi connectivity index (χ0n) is 16.5. The van der Waals surface area contributed by atoms with Gasteiger partial charge in [-0.1, -0.05) is 91.0 Å². The summed E-state index contributed by atoms with van der Waals surface area (Å²) < 4.78 is 21.1. The maximum atomic E-state index is 11.6. The highest BCUT2D eigenvalue weighted by atomic mass is 32.2. The fourth-order valence-corrected chi connectivity index (χ4v) is 6.45. The molecule has 1 heterocycles. The van der Waals surface area contributed by atoms with Crippen molar-refractivity contribution in [2.45, 2.75) is 4.90 Å². The Labute approximate surface area is 184 Å². The van der Waals surface area contributed by atoms with E-state index in [0.717, 1.165) is 11.1 Å². The van der Waals surface area contributed by atoms with Gasteiger partial charge in [-0.05, 0) is 36.0 Å². The summed E-state index contributed by atoms with van der Waals surface area (Å²) >= 11 is -2.08. The molecule has 5 rings (SSSR count). The van der Waals surface area contributed by atoms with E-state index in [4.69, 9.17) is 0 Å². The third-order valence-electron chi connectivity index (χ3n) is 5.09. The standard InChI is InChI=1S/C25H19N2O2PS/c28-31(29)23-13-7-12-22-24(23)27-25(26-22)18-14-16-21(17-15-18)30(19-8-3-1-4-9-19)20-10-5-2-6-11-20/h1-17H,(H,26,27)(H,28,29). The van der Waals surface area contributed by atoms with Gasteiger partial charge in [0, 0.05) is 5.56 Å². The van der Waals surface area contributed by atoms with Crippen molar-refractivity contribution in [2.75, 3.05) is 0 Å². The van der Waals surface area contributed by atoms with E-state index in [1.807, 2.05) is 18.2 Å². The summed E-state index contributed by atoms with van der Waals surface area (Å²) in [5, 5.41) is 3.86. The maximum absolute atomic E-state index is 11.6. The van der Waals surface area contributed by atoms with Gasteiger partial charge in [0.2, 0.25) is 0 Å². The number of hydrogen-bond acceptors (Lipinski definition) is 2. The van der Waals surface area contributed by atoms with Gasteiger partial charge in [-0.2, -0.15) is 0 Å². The first-order valence-electron chi connectivity index (χ1n) is 9.81. The van der Waals surface area contributed by atoms with Crippen LogP contribution in [0, 0.1) is 0 Å². The first-order valence-corrected chi connectivity index (χ1v) is 12.3. The van der Waals surface area contributed by atoms with Crippen LogP contribution in [0.1, 0.15) is 0 Å². The lowest BCUT2D eigenvalue weighted by atomic mass is 10.2. The second-order valence-corrected chi connectivity index (χ2v) is 10.2. The van der Waals surface area contributed by atoms with Crippen molar-refractivity contribution in [3.8, 4) is 11.4 Å². The highest BCUT2D eigenvalue weighted by Crippen LogP contribution is 2.33. The van der Waals surface area contributed by atoms with Crippen LogP contribution >= 0.6 is 7.92 Å². The minimum Gasteiger partial charge on any atom is -0.338 e. The van der Waals surface area contributed by atoms with Crippen LogP contribution in [0.4, 0.5) is 0 Å². The third-order valence-corrected chi connectivity index (χ3v) is 8.24. The van der Waals surface area contributed by atoms with Crippen molar-refractivity contribution in [3.05, 3.63) is 103 Å². The molecule has 4 nitrogen and oxygen atoms in total. The molecular formula is C25H19N2O2PS. The summed E-state index contributed by atoms with van der Waals surface area (Å²) in [6.07, 6.45) is 0. The Morgan fingerprint density at radius 1 is 0.710 bits per heavy atom. The van der Waals surface area contributed by atoms with E-state index in [0.29, 0.717) is 16.2 Å². The molecule has 5 aromatic rings. The molecule has 2 N–H and O–H groups in total. The highest BCUT2D eigenvalue weighted by Gasteiger charge is 2.17. The Kier molecular flexibility index (Phi) is 5.47. The van der Waals surface area contributed by atoms with Crippen molar-refractivity contribution in [1.82, 2.24) is 9.97 Å². The van der Waals surface area contributed by atoms with E-state index < -0.39 is 19.0 Å². The Hall–Kier alpha value is -3.11. The van der Waals surface area contributed by atoms with Gasteiger partial charge in [0.1, 0.15) is 11.3 Å². The second kappa shape index (κ2) is 8.56. The number of aromatic nitrogens is 2. The van der Waals surface area contributed by atoms with Crippen LogP contribution < -0.4 is 15.9 Å². The molecule has 1 unspecified atom stereocenters. The van der Waals surface area contributed by atoms with Crippen LogP contribution in [0.5, 0.6) is 0 Å². The molecule has 0 aliphatic heterocycles. The molecule has 0 spiro atoms. The lowest BCUT2D eigenvalue weighted by molar-refractivity contribution is 0.565. The Balaban J connectivity index is 1.55. The third kappa shape index (κ3) is 3.96. The minimum atomic E-state index is -2.08. The molecule has 0 aliphatic rings. The van der Waals surface area contributed by atoms with Gasteiger partial charge in [-0.3, -0.25) is 0 Å². The highest BCUT2D eigenvalue weighted by molar-refractivity contribution is 7.80. The molecule has 4 aromatic carbocycles. The van der Waals surface area contributed by atoms with E-state index in [-0.39, 0.29) is 0 Å². The molecule has 152 valence electrons. The Bertz CT molecular complexity index is 1310. The Morgan fingerprint density at radius 2 is 1.29 bits per heavy atom. The van der Waals surface area contributed by atoms with Crippen LogP contribution in [-0.4, -0.2) is 18.7 Å². The van der Waals surface area contributed by atoms with Crippen molar-refractivity contribution < 1.29 is 8.76 Å². The SMILES string of the molecule is O=S(O)c1cccc2[nH]c(-c3ccc(P(c4ccccc4)c4ccccc4)cc3)nc12. The topological polar surface area (TPSA) is 66.0 Å². The number of hydrogen-bond donors (Lipinski definition) is 2. The molecule has 0 bridgehead atoms. The van der Waals surface area contributed by atoms with Gasteiger partial charge in [-0.25, -0.2) is 9.19 Å². The molecule has 0 radical (unpaired) electrons.